The average Bonchev–Trinajstić information content (AvgIpc) is 2.71. The van der Waals surface area contributed by atoms with Gasteiger partial charge < -0.3 is 11.1 Å². The molecule has 3 N–H and O–H groups in total. The molecule has 0 saturated carbocycles. The van der Waals surface area contributed by atoms with Crippen molar-refractivity contribution < 1.29 is 0 Å². The quantitative estimate of drug-likeness (QED) is 0.711. The van der Waals surface area contributed by atoms with Crippen LogP contribution >= 0.6 is 0 Å². The summed E-state index contributed by atoms with van der Waals surface area (Å²) in [6.07, 6.45) is 6.54. The van der Waals surface area contributed by atoms with Gasteiger partial charge in [0.2, 0.25) is 0 Å². The lowest BCUT2D eigenvalue weighted by Crippen LogP contribution is -2.06. The minimum atomic E-state index is 0.507. The maximum Gasteiger partial charge on any atom is 0.166 e. The standard InChI is InChI=1S/C8H10N6/c1-10-7-6(9)8(13-4-12-7)14-3-2-11-5-14/h2-5H,9H2,1H3,(H,10,12,13). The van der Waals surface area contributed by atoms with Crippen molar-refractivity contribution in [3.63, 3.8) is 0 Å². The van der Waals surface area contributed by atoms with E-state index in [9.17, 15) is 0 Å². The molecule has 0 fully saturated rings. The van der Waals surface area contributed by atoms with Crippen molar-refractivity contribution in [2.45, 2.75) is 0 Å². The van der Waals surface area contributed by atoms with Gasteiger partial charge in [-0.3, -0.25) is 4.57 Å². The number of nitrogens with zero attached hydrogens (tertiary/aromatic N) is 4. The van der Waals surface area contributed by atoms with Crippen molar-refractivity contribution in [2.75, 3.05) is 18.1 Å². The van der Waals surface area contributed by atoms with Gasteiger partial charge in [-0.05, 0) is 0 Å². The summed E-state index contributed by atoms with van der Waals surface area (Å²) in [5.41, 5.74) is 6.36. The Hall–Kier alpha value is -2.11. The molecular weight excluding hydrogens is 180 g/mol. The number of nitrogen functional groups attached to an aromatic ring is 1. The minimum absolute atomic E-state index is 0.507. The second-order valence-electron chi connectivity index (χ2n) is 2.68. The molecule has 2 heterocycles. The molecule has 14 heavy (non-hydrogen) atoms. The predicted molar refractivity (Wildman–Crippen MR) is 53.1 cm³/mol. The Kier molecular flexibility index (Phi) is 2.02. The molecule has 0 radical (unpaired) electrons. The average molecular weight is 190 g/mol. The lowest BCUT2D eigenvalue weighted by Gasteiger charge is -2.07. The van der Waals surface area contributed by atoms with Gasteiger partial charge in [0, 0.05) is 19.4 Å². The fraction of sp³-hybridized carbons (Fsp3) is 0.125. The predicted octanol–water partition coefficient (Wildman–Crippen LogP) is 0.286. The minimum Gasteiger partial charge on any atom is -0.393 e. The maximum absolute atomic E-state index is 5.85. The van der Waals surface area contributed by atoms with Crippen LogP contribution in [0.4, 0.5) is 11.5 Å². The van der Waals surface area contributed by atoms with Crippen molar-refractivity contribution in [2.24, 2.45) is 0 Å². The molecule has 0 aliphatic rings. The molecule has 0 amide bonds. The monoisotopic (exact) mass is 190 g/mol. The van der Waals surface area contributed by atoms with E-state index in [-0.39, 0.29) is 0 Å². The van der Waals surface area contributed by atoms with Gasteiger partial charge in [-0.1, -0.05) is 0 Å². The van der Waals surface area contributed by atoms with Crippen molar-refractivity contribution in [1.29, 1.82) is 0 Å². The van der Waals surface area contributed by atoms with Crippen LogP contribution < -0.4 is 11.1 Å². The van der Waals surface area contributed by atoms with E-state index in [1.54, 1.807) is 30.3 Å². The molecule has 6 heteroatoms. The van der Waals surface area contributed by atoms with Crippen LogP contribution in [0.3, 0.4) is 0 Å². The molecule has 2 aromatic heterocycles. The number of aromatic nitrogens is 4. The topological polar surface area (TPSA) is 81.7 Å². The number of hydrogen-bond acceptors (Lipinski definition) is 5. The Bertz CT molecular complexity index is 421. The fourth-order valence-electron chi connectivity index (χ4n) is 1.18. The molecule has 2 aromatic rings. The highest BCUT2D eigenvalue weighted by molar-refractivity contribution is 5.68. The first-order valence-electron chi connectivity index (χ1n) is 4.09. The molecular formula is C8H10N6. The highest BCUT2D eigenvalue weighted by atomic mass is 15.1. The lowest BCUT2D eigenvalue weighted by atomic mass is 10.4. The van der Waals surface area contributed by atoms with Gasteiger partial charge in [0.25, 0.3) is 0 Å². The zero-order valence-corrected chi connectivity index (χ0v) is 7.68. The van der Waals surface area contributed by atoms with Gasteiger partial charge in [-0.15, -0.1) is 0 Å². The Morgan fingerprint density at radius 2 is 2.29 bits per heavy atom. The lowest BCUT2D eigenvalue weighted by molar-refractivity contribution is 0.976. The zero-order chi connectivity index (χ0) is 9.97. The summed E-state index contributed by atoms with van der Waals surface area (Å²) in [5.74, 6) is 1.24. The van der Waals surface area contributed by atoms with Gasteiger partial charge in [0.1, 0.15) is 18.3 Å². The molecule has 0 saturated heterocycles. The van der Waals surface area contributed by atoms with E-state index in [0.29, 0.717) is 17.3 Å². The maximum atomic E-state index is 5.85. The number of nitrogens with one attached hydrogen (secondary N) is 1. The first-order valence-corrected chi connectivity index (χ1v) is 4.09. The van der Waals surface area contributed by atoms with E-state index >= 15 is 0 Å². The van der Waals surface area contributed by atoms with Crippen LogP contribution in [0.2, 0.25) is 0 Å². The van der Waals surface area contributed by atoms with Crippen LogP contribution in [0, 0.1) is 0 Å². The van der Waals surface area contributed by atoms with Crippen molar-refractivity contribution >= 4 is 11.5 Å². The van der Waals surface area contributed by atoms with E-state index in [4.69, 9.17) is 5.73 Å². The van der Waals surface area contributed by atoms with E-state index in [1.165, 1.54) is 6.33 Å². The van der Waals surface area contributed by atoms with Crippen LogP contribution in [-0.4, -0.2) is 26.6 Å². The summed E-state index contributed by atoms with van der Waals surface area (Å²) in [6.45, 7) is 0. The van der Waals surface area contributed by atoms with E-state index in [2.05, 4.69) is 20.3 Å². The summed E-state index contributed by atoms with van der Waals surface area (Å²) in [5, 5.41) is 2.89. The molecule has 0 aliphatic carbocycles. The Labute approximate surface area is 80.8 Å². The SMILES string of the molecule is CNc1ncnc(-n2ccnc2)c1N. The Balaban J connectivity index is 2.54. The number of nitrogens with two attached hydrogens (primary N) is 1. The second-order valence-corrected chi connectivity index (χ2v) is 2.68. The van der Waals surface area contributed by atoms with Crippen molar-refractivity contribution in [3.8, 4) is 5.82 Å². The number of imidazole rings is 1. The molecule has 0 atom stereocenters. The molecule has 6 nitrogen and oxygen atoms in total. The van der Waals surface area contributed by atoms with Crippen LogP contribution in [0.25, 0.3) is 5.82 Å². The van der Waals surface area contributed by atoms with Gasteiger partial charge >= 0.3 is 0 Å². The third-order valence-corrected chi connectivity index (χ3v) is 1.85. The van der Waals surface area contributed by atoms with E-state index in [0.717, 1.165) is 0 Å². The number of rotatable bonds is 2. The van der Waals surface area contributed by atoms with Gasteiger partial charge in [-0.25, -0.2) is 15.0 Å². The molecule has 0 unspecified atom stereocenters. The summed E-state index contributed by atoms with van der Waals surface area (Å²) >= 11 is 0. The molecule has 0 bridgehead atoms. The van der Waals surface area contributed by atoms with Gasteiger partial charge in [-0.2, -0.15) is 0 Å². The number of hydrogen-bond donors (Lipinski definition) is 2. The molecule has 72 valence electrons. The highest BCUT2D eigenvalue weighted by Gasteiger charge is 2.07. The Morgan fingerprint density at radius 3 is 2.93 bits per heavy atom. The smallest absolute Gasteiger partial charge is 0.166 e. The summed E-state index contributed by atoms with van der Waals surface area (Å²) in [6, 6.07) is 0. The zero-order valence-electron chi connectivity index (χ0n) is 7.68. The van der Waals surface area contributed by atoms with Gasteiger partial charge in [0.05, 0.1) is 0 Å². The molecule has 0 aromatic carbocycles. The van der Waals surface area contributed by atoms with Gasteiger partial charge in [0.15, 0.2) is 11.6 Å². The largest absolute Gasteiger partial charge is 0.393 e. The molecule has 0 spiro atoms. The Morgan fingerprint density at radius 1 is 1.43 bits per heavy atom. The summed E-state index contributed by atoms with van der Waals surface area (Å²) in [7, 11) is 1.76. The summed E-state index contributed by atoms with van der Waals surface area (Å²) in [4.78, 5) is 12.0. The number of anilines is 2. The molecule has 2 rings (SSSR count). The van der Waals surface area contributed by atoms with Crippen LogP contribution in [-0.2, 0) is 0 Å². The molecule has 0 aliphatic heterocycles. The van der Waals surface area contributed by atoms with E-state index < -0.39 is 0 Å². The van der Waals surface area contributed by atoms with Crippen LogP contribution in [0.5, 0.6) is 0 Å². The first-order chi connectivity index (χ1) is 6.83. The highest BCUT2D eigenvalue weighted by Crippen LogP contribution is 2.19. The summed E-state index contributed by atoms with van der Waals surface area (Å²) < 4.78 is 1.73. The van der Waals surface area contributed by atoms with E-state index in [1.807, 2.05) is 0 Å². The van der Waals surface area contributed by atoms with Crippen molar-refractivity contribution in [3.05, 3.63) is 25.0 Å². The van der Waals surface area contributed by atoms with Crippen LogP contribution in [0.1, 0.15) is 0 Å². The third-order valence-electron chi connectivity index (χ3n) is 1.85. The van der Waals surface area contributed by atoms with Crippen molar-refractivity contribution in [1.82, 2.24) is 19.5 Å². The third kappa shape index (κ3) is 1.26. The second kappa shape index (κ2) is 3.33. The van der Waals surface area contributed by atoms with Crippen LogP contribution in [0.15, 0.2) is 25.0 Å². The first kappa shape index (κ1) is 8.49. The fourth-order valence-corrected chi connectivity index (χ4v) is 1.18. The normalized spacial score (nSPS) is 10.1.